The fourth-order valence-electron chi connectivity index (χ4n) is 2.37. The van der Waals surface area contributed by atoms with E-state index in [1.165, 1.54) is 0 Å². The zero-order valence-corrected chi connectivity index (χ0v) is 12.6. The van der Waals surface area contributed by atoms with Crippen LogP contribution >= 0.6 is 0 Å². The monoisotopic (exact) mass is 294 g/mol. The van der Waals surface area contributed by atoms with E-state index in [1.807, 2.05) is 36.0 Å². The number of aryl methyl sites for hydroxylation is 1. The molecule has 3 heterocycles. The number of hydrogen-bond acceptors (Lipinski definition) is 5. The van der Waals surface area contributed by atoms with Crippen molar-refractivity contribution in [3.63, 3.8) is 0 Å². The molecule has 0 spiro atoms. The molecule has 112 valence electrons. The van der Waals surface area contributed by atoms with Gasteiger partial charge in [0.1, 0.15) is 0 Å². The van der Waals surface area contributed by atoms with Crippen molar-refractivity contribution in [2.75, 3.05) is 5.32 Å². The smallest absolute Gasteiger partial charge is 0.223 e. The van der Waals surface area contributed by atoms with Gasteiger partial charge in [-0.25, -0.2) is 9.97 Å². The van der Waals surface area contributed by atoms with Gasteiger partial charge in [-0.05, 0) is 30.7 Å². The number of aromatic nitrogens is 5. The summed E-state index contributed by atoms with van der Waals surface area (Å²) in [7, 11) is 1.94. The average Bonchev–Trinajstić information content (AvgIpc) is 3.00. The van der Waals surface area contributed by atoms with Crippen molar-refractivity contribution in [1.29, 1.82) is 0 Å². The zero-order chi connectivity index (χ0) is 15.4. The van der Waals surface area contributed by atoms with Gasteiger partial charge in [-0.3, -0.25) is 9.67 Å². The van der Waals surface area contributed by atoms with Crippen LogP contribution in [-0.4, -0.2) is 24.7 Å². The zero-order valence-electron chi connectivity index (χ0n) is 12.6. The topological polar surface area (TPSA) is 68.5 Å². The van der Waals surface area contributed by atoms with Crippen molar-refractivity contribution >= 4 is 5.95 Å². The van der Waals surface area contributed by atoms with Gasteiger partial charge in [0.15, 0.2) is 0 Å². The summed E-state index contributed by atoms with van der Waals surface area (Å²) in [6.45, 7) is 2.12. The molecule has 0 saturated carbocycles. The summed E-state index contributed by atoms with van der Waals surface area (Å²) in [6.07, 6.45) is 8.02. The van der Waals surface area contributed by atoms with Gasteiger partial charge >= 0.3 is 0 Å². The van der Waals surface area contributed by atoms with Crippen LogP contribution in [0.4, 0.5) is 5.95 Å². The lowest BCUT2D eigenvalue weighted by molar-refractivity contribution is 0.630. The number of anilines is 1. The van der Waals surface area contributed by atoms with E-state index < -0.39 is 0 Å². The highest BCUT2D eigenvalue weighted by molar-refractivity contribution is 5.58. The molecule has 0 aliphatic rings. The van der Waals surface area contributed by atoms with E-state index in [9.17, 15) is 0 Å². The molecule has 0 saturated heterocycles. The van der Waals surface area contributed by atoms with E-state index in [0.29, 0.717) is 5.95 Å². The van der Waals surface area contributed by atoms with Crippen molar-refractivity contribution in [2.24, 2.45) is 7.05 Å². The summed E-state index contributed by atoms with van der Waals surface area (Å²) >= 11 is 0. The molecule has 0 aliphatic carbocycles. The van der Waals surface area contributed by atoms with Crippen molar-refractivity contribution < 1.29 is 0 Å². The minimum absolute atomic E-state index is 0.122. The van der Waals surface area contributed by atoms with Gasteiger partial charge in [0.05, 0.1) is 17.4 Å². The van der Waals surface area contributed by atoms with Crippen molar-refractivity contribution in [3.8, 4) is 11.3 Å². The summed E-state index contributed by atoms with van der Waals surface area (Å²) in [5.41, 5.74) is 2.94. The maximum Gasteiger partial charge on any atom is 0.223 e. The highest BCUT2D eigenvalue weighted by Crippen LogP contribution is 2.21. The van der Waals surface area contributed by atoms with Crippen LogP contribution in [0.2, 0.25) is 0 Å². The Labute approximate surface area is 129 Å². The first kappa shape index (κ1) is 14.2. The Balaban J connectivity index is 1.85. The number of pyridine rings is 1. The van der Waals surface area contributed by atoms with Crippen LogP contribution in [0.3, 0.4) is 0 Å². The van der Waals surface area contributed by atoms with Crippen LogP contribution in [0.15, 0.2) is 49.1 Å². The number of hydrogen-bond donors (Lipinski definition) is 1. The molecule has 1 N–H and O–H groups in total. The second kappa shape index (κ2) is 6.34. The minimum atomic E-state index is 0.122. The second-order valence-corrected chi connectivity index (χ2v) is 4.99. The summed E-state index contributed by atoms with van der Waals surface area (Å²) in [6, 6.07) is 7.89. The molecule has 0 bridgehead atoms. The predicted octanol–water partition coefficient (Wildman–Crippen LogP) is 2.84. The molecule has 0 fully saturated rings. The second-order valence-electron chi connectivity index (χ2n) is 4.99. The Hall–Kier alpha value is -2.76. The van der Waals surface area contributed by atoms with Gasteiger partial charge in [-0.2, -0.15) is 5.10 Å². The van der Waals surface area contributed by atoms with E-state index in [2.05, 4.69) is 32.3 Å². The molecule has 3 aromatic heterocycles. The maximum absolute atomic E-state index is 4.58. The van der Waals surface area contributed by atoms with Crippen molar-refractivity contribution in [3.05, 3.63) is 54.7 Å². The third kappa shape index (κ3) is 2.95. The molecule has 3 aromatic rings. The summed E-state index contributed by atoms with van der Waals surface area (Å²) < 4.78 is 1.87. The Kier molecular flexibility index (Phi) is 4.09. The first-order chi connectivity index (χ1) is 10.8. The van der Waals surface area contributed by atoms with Gasteiger partial charge in [0.2, 0.25) is 5.95 Å². The molecule has 0 unspecified atom stereocenters. The van der Waals surface area contributed by atoms with Gasteiger partial charge in [0, 0.05) is 37.4 Å². The molecule has 3 rings (SSSR count). The lowest BCUT2D eigenvalue weighted by atomic mass is 10.1. The largest absolute Gasteiger partial charge is 0.346 e. The van der Waals surface area contributed by atoms with Crippen LogP contribution in [0.1, 0.15) is 25.1 Å². The van der Waals surface area contributed by atoms with Gasteiger partial charge in [-0.15, -0.1) is 0 Å². The van der Waals surface area contributed by atoms with Crippen LogP contribution in [0, 0.1) is 0 Å². The number of nitrogens with one attached hydrogen (secondary N) is 1. The van der Waals surface area contributed by atoms with E-state index in [4.69, 9.17) is 0 Å². The van der Waals surface area contributed by atoms with Crippen molar-refractivity contribution in [1.82, 2.24) is 24.7 Å². The van der Waals surface area contributed by atoms with Gasteiger partial charge in [0.25, 0.3) is 0 Å². The first-order valence-electron chi connectivity index (χ1n) is 7.26. The van der Waals surface area contributed by atoms with E-state index >= 15 is 0 Å². The third-order valence-electron chi connectivity index (χ3n) is 3.54. The summed E-state index contributed by atoms with van der Waals surface area (Å²) in [5.74, 6) is 0.606. The molecule has 0 aliphatic heterocycles. The van der Waals surface area contributed by atoms with E-state index in [-0.39, 0.29) is 6.04 Å². The third-order valence-corrected chi connectivity index (χ3v) is 3.54. The van der Waals surface area contributed by atoms with Crippen LogP contribution in [-0.2, 0) is 7.05 Å². The predicted molar refractivity (Wildman–Crippen MR) is 85.1 cm³/mol. The van der Waals surface area contributed by atoms with Crippen LogP contribution < -0.4 is 5.32 Å². The Morgan fingerprint density at radius 1 is 1.18 bits per heavy atom. The lowest BCUT2D eigenvalue weighted by Crippen LogP contribution is -2.15. The van der Waals surface area contributed by atoms with Gasteiger partial charge < -0.3 is 5.32 Å². The fourth-order valence-corrected chi connectivity index (χ4v) is 2.37. The van der Waals surface area contributed by atoms with E-state index in [1.54, 1.807) is 24.8 Å². The molecule has 1 atom stereocenters. The molecule has 6 nitrogen and oxygen atoms in total. The van der Waals surface area contributed by atoms with Crippen molar-refractivity contribution in [2.45, 2.75) is 19.4 Å². The minimum Gasteiger partial charge on any atom is -0.346 e. The molecular weight excluding hydrogens is 276 g/mol. The fraction of sp³-hybridized carbons (Fsp3) is 0.250. The molecule has 0 aromatic carbocycles. The SMILES string of the molecule is CC[C@H](Nc1nccc(-c2cccnc2)n1)c1ccnn1C. The molecule has 0 amide bonds. The van der Waals surface area contributed by atoms with Gasteiger partial charge in [-0.1, -0.05) is 6.92 Å². The molecule has 22 heavy (non-hydrogen) atoms. The molecular formula is C16H18N6. The van der Waals surface area contributed by atoms with E-state index in [0.717, 1.165) is 23.4 Å². The lowest BCUT2D eigenvalue weighted by Gasteiger charge is -2.17. The highest BCUT2D eigenvalue weighted by atomic mass is 15.3. The first-order valence-corrected chi connectivity index (χ1v) is 7.26. The Morgan fingerprint density at radius 3 is 2.77 bits per heavy atom. The quantitative estimate of drug-likeness (QED) is 0.783. The summed E-state index contributed by atoms with van der Waals surface area (Å²) in [4.78, 5) is 13.0. The molecule has 6 heteroatoms. The number of rotatable bonds is 5. The number of nitrogens with zero attached hydrogens (tertiary/aromatic N) is 5. The standard InChI is InChI=1S/C16H18N6/c1-3-13(15-7-10-19-22(15)2)20-16-18-9-6-14(21-16)12-5-4-8-17-11-12/h4-11,13H,3H2,1-2H3,(H,18,20,21)/t13-/m0/s1. The average molecular weight is 294 g/mol. The summed E-state index contributed by atoms with van der Waals surface area (Å²) in [5, 5.41) is 7.60. The highest BCUT2D eigenvalue weighted by Gasteiger charge is 2.14. The Bertz CT molecular complexity index is 737. The normalized spacial score (nSPS) is 12.1. The maximum atomic E-state index is 4.58. The van der Waals surface area contributed by atoms with Crippen LogP contribution in [0.25, 0.3) is 11.3 Å². The molecule has 0 radical (unpaired) electrons. The van der Waals surface area contributed by atoms with Crippen LogP contribution in [0.5, 0.6) is 0 Å². The Morgan fingerprint density at radius 2 is 2.09 bits per heavy atom.